The smallest absolute Gasteiger partial charge is 0.354 e. The number of hydrogen-bond donors (Lipinski definition) is 2. The molecule has 1 aromatic rings. The number of carbonyl (C=O) groups excluding carboxylic acids is 1. The van der Waals surface area contributed by atoms with E-state index in [1.807, 2.05) is 18.2 Å². The van der Waals surface area contributed by atoms with Crippen molar-refractivity contribution in [1.29, 1.82) is 0 Å². The van der Waals surface area contributed by atoms with E-state index in [1.165, 1.54) is 5.56 Å². The molecule has 0 aromatic heterocycles. The zero-order valence-corrected chi connectivity index (χ0v) is 19.0. The van der Waals surface area contributed by atoms with Gasteiger partial charge < -0.3 is 15.5 Å². The van der Waals surface area contributed by atoms with Crippen molar-refractivity contribution in [3.63, 3.8) is 0 Å². The number of alkyl halides is 3. The molecule has 1 heterocycles. The molecule has 0 radical (unpaired) electrons. The van der Waals surface area contributed by atoms with Crippen LogP contribution in [0.4, 0.5) is 13.2 Å². The highest BCUT2D eigenvalue weighted by atomic mass is 127. The highest BCUT2D eigenvalue weighted by Crippen LogP contribution is 2.24. The van der Waals surface area contributed by atoms with E-state index in [9.17, 15) is 18.0 Å². The largest absolute Gasteiger partial charge is 0.406 e. The van der Waals surface area contributed by atoms with E-state index >= 15 is 0 Å². The molecule has 0 saturated carbocycles. The van der Waals surface area contributed by atoms with Crippen molar-refractivity contribution >= 4 is 35.8 Å². The van der Waals surface area contributed by atoms with Gasteiger partial charge in [0.2, 0.25) is 5.91 Å². The van der Waals surface area contributed by atoms with Crippen LogP contribution >= 0.6 is 24.0 Å². The Balaban J connectivity index is 0.00000420. The number of likely N-dealkylation sites (N-methyl/N-ethyl adjacent to an activating group) is 1. The molecule has 1 aliphatic rings. The van der Waals surface area contributed by atoms with Crippen LogP contribution in [0.5, 0.6) is 0 Å². The van der Waals surface area contributed by atoms with Crippen LogP contribution in [0.15, 0.2) is 35.3 Å². The molecule has 1 atom stereocenters. The Bertz CT molecular complexity index is 651. The topological polar surface area (TPSA) is 60.0 Å². The second kappa shape index (κ2) is 12.2. The van der Waals surface area contributed by atoms with Gasteiger partial charge in [-0.2, -0.15) is 13.2 Å². The van der Waals surface area contributed by atoms with Gasteiger partial charge in [0.1, 0.15) is 6.54 Å². The number of amides is 1. The number of hydrogen-bond acceptors (Lipinski definition) is 3. The molecule has 6 nitrogen and oxygen atoms in total. The lowest BCUT2D eigenvalue weighted by molar-refractivity contribution is -0.157. The van der Waals surface area contributed by atoms with E-state index in [4.69, 9.17) is 0 Å². The summed E-state index contributed by atoms with van der Waals surface area (Å²) in [6.45, 7) is 1.09. The molecule has 2 rings (SSSR count). The minimum Gasteiger partial charge on any atom is -0.354 e. The van der Waals surface area contributed by atoms with Gasteiger partial charge in [-0.3, -0.25) is 14.7 Å². The van der Waals surface area contributed by atoms with Crippen molar-refractivity contribution in [2.45, 2.75) is 25.1 Å². The van der Waals surface area contributed by atoms with Crippen molar-refractivity contribution in [1.82, 2.24) is 20.4 Å². The first kappa shape index (κ1) is 25.5. The highest BCUT2D eigenvalue weighted by Gasteiger charge is 2.31. The summed E-state index contributed by atoms with van der Waals surface area (Å²) in [5.41, 5.74) is 1.19. The van der Waals surface area contributed by atoms with Crippen molar-refractivity contribution < 1.29 is 18.0 Å². The Hall–Kier alpha value is -1.56. The molecule has 0 aliphatic carbocycles. The first-order valence-electron chi connectivity index (χ1n) is 9.34. The zero-order chi connectivity index (χ0) is 20.6. The summed E-state index contributed by atoms with van der Waals surface area (Å²) < 4.78 is 37.2. The molecule has 2 N–H and O–H groups in total. The fraction of sp³-hybridized carbons (Fsp3) is 0.579. The summed E-state index contributed by atoms with van der Waals surface area (Å²) >= 11 is 0. The van der Waals surface area contributed by atoms with Crippen molar-refractivity contribution in [3.8, 4) is 0 Å². The summed E-state index contributed by atoms with van der Waals surface area (Å²) in [5.74, 6) is -0.270. The van der Waals surface area contributed by atoms with Crippen LogP contribution in [0.2, 0.25) is 0 Å². The van der Waals surface area contributed by atoms with Crippen LogP contribution in [-0.2, 0) is 4.79 Å². The molecule has 10 heteroatoms. The molecular formula is C19H29F3IN5O. The van der Waals surface area contributed by atoms with Gasteiger partial charge in [-0.25, -0.2) is 0 Å². The van der Waals surface area contributed by atoms with Gasteiger partial charge in [0.05, 0.1) is 12.6 Å². The first-order chi connectivity index (χ1) is 13.3. The second-order valence-electron chi connectivity index (χ2n) is 6.84. The zero-order valence-electron chi connectivity index (χ0n) is 16.7. The molecule has 0 bridgehead atoms. The molecule has 1 amide bonds. The highest BCUT2D eigenvalue weighted by molar-refractivity contribution is 14.0. The minimum absolute atomic E-state index is 0. The molecule has 1 aromatic carbocycles. The third kappa shape index (κ3) is 8.77. The number of carbonyl (C=O) groups is 1. The van der Waals surface area contributed by atoms with E-state index in [2.05, 4.69) is 32.7 Å². The predicted octanol–water partition coefficient (Wildman–Crippen LogP) is 2.63. The number of guanidine groups is 1. The van der Waals surface area contributed by atoms with E-state index < -0.39 is 18.6 Å². The molecule has 1 unspecified atom stereocenters. The third-order valence-electron chi connectivity index (χ3n) is 4.70. The average Bonchev–Trinajstić information content (AvgIpc) is 3.18. The quantitative estimate of drug-likeness (QED) is 0.326. The lowest BCUT2D eigenvalue weighted by atomic mass is 10.1. The Kier molecular flexibility index (Phi) is 10.7. The van der Waals surface area contributed by atoms with Crippen molar-refractivity contribution in [2.24, 2.45) is 4.99 Å². The lowest BCUT2D eigenvalue weighted by Gasteiger charge is -2.29. The van der Waals surface area contributed by atoms with Crippen LogP contribution in [0.3, 0.4) is 0 Å². The molecule has 1 aliphatic heterocycles. The van der Waals surface area contributed by atoms with Gasteiger partial charge in [0.25, 0.3) is 0 Å². The van der Waals surface area contributed by atoms with Gasteiger partial charge in [-0.15, -0.1) is 24.0 Å². The summed E-state index contributed by atoms with van der Waals surface area (Å²) in [5, 5.41) is 5.99. The summed E-state index contributed by atoms with van der Waals surface area (Å²) in [6, 6.07) is 10.3. The van der Waals surface area contributed by atoms with Gasteiger partial charge in [0, 0.05) is 20.6 Å². The SMILES string of the molecule is CN=C(NCC(=O)N(C)CC(F)(F)F)NCC(c1ccccc1)N1CCCC1.I. The summed E-state index contributed by atoms with van der Waals surface area (Å²) in [4.78, 5) is 19.0. The Labute approximate surface area is 186 Å². The number of halogens is 4. The third-order valence-corrected chi connectivity index (χ3v) is 4.70. The maximum Gasteiger partial charge on any atom is 0.406 e. The molecular weight excluding hydrogens is 498 g/mol. The number of nitrogens with zero attached hydrogens (tertiary/aromatic N) is 3. The fourth-order valence-electron chi connectivity index (χ4n) is 3.25. The monoisotopic (exact) mass is 527 g/mol. The normalized spacial score (nSPS) is 16.1. The Morgan fingerprint density at radius 1 is 1.21 bits per heavy atom. The Morgan fingerprint density at radius 3 is 2.38 bits per heavy atom. The van der Waals surface area contributed by atoms with Gasteiger partial charge in [-0.05, 0) is 31.5 Å². The van der Waals surface area contributed by atoms with Gasteiger partial charge in [0.15, 0.2) is 5.96 Å². The van der Waals surface area contributed by atoms with Crippen molar-refractivity contribution in [2.75, 3.05) is 46.8 Å². The van der Waals surface area contributed by atoms with Crippen LogP contribution in [-0.4, -0.2) is 74.7 Å². The van der Waals surface area contributed by atoms with Gasteiger partial charge in [-0.1, -0.05) is 30.3 Å². The van der Waals surface area contributed by atoms with E-state index in [0.717, 1.165) is 33.0 Å². The molecule has 164 valence electrons. The number of aliphatic imine (C=N–C) groups is 1. The number of likely N-dealkylation sites (tertiary alicyclic amines) is 1. The van der Waals surface area contributed by atoms with Crippen molar-refractivity contribution in [3.05, 3.63) is 35.9 Å². The van der Waals surface area contributed by atoms with Crippen LogP contribution < -0.4 is 10.6 Å². The van der Waals surface area contributed by atoms with Crippen LogP contribution in [0.25, 0.3) is 0 Å². The van der Waals surface area contributed by atoms with Gasteiger partial charge >= 0.3 is 6.18 Å². The minimum atomic E-state index is -4.41. The standard InChI is InChI=1S/C19H28F3N5O.HI/c1-23-18(25-13-17(28)26(2)14-19(20,21)22)24-12-16(27-10-6-7-11-27)15-8-4-3-5-9-15;/h3-5,8-9,16H,6-7,10-14H2,1-2H3,(H2,23,24,25);1H. The predicted molar refractivity (Wildman–Crippen MR) is 118 cm³/mol. The first-order valence-corrected chi connectivity index (χ1v) is 9.34. The van der Waals surface area contributed by atoms with E-state index in [1.54, 1.807) is 7.05 Å². The molecule has 1 fully saturated rings. The van der Waals surface area contributed by atoms with E-state index in [-0.39, 0.29) is 36.6 Å². The number of nitrogens with one attached hydrogen (secondary N) is 2. The number of benzene rings is 1. The molecule has 0 spiro atoms. The van der Waals surface area contributed by atoms with E-state index in [0.29, 0.717) is 17.4 Å². The summed E-state index contributed by atoms with van der Waals surface area (Å²) in [6.07, 6.45) is -2.09. The van der Waals surface area contributed by atoms with Crippen LogP contribution in [0.1, 0.15) is 24.4 Å². The lowest BCUT2D eigenvalue weighted by Crippen LogP contribution is -2.47. The summed E-state index contributed by atoms with van der Waals surface area (Å²) in [7, 11) is 2.69. The molecule has 1 saturated heterocycles. The maximum absolute atomic E-state index is 12.4. The maximum atomic E-state index is 12.4. The number of rotatable bonds is 7. The van der Waals surface area contributed by atoms with Crippen LogP contribution in [0, 0.1) is 0 Å². The Morgan fingerprint density at radius 2 is 1.83 bits per heavy atom. The molecule has 29 heavy (non-hydrogen) atoms. The second-order valence-corrected chi connectivity index (χ2v) is 6.84. The average molecular weight is 527 g/mol. The fourth-order valence-corrected chi connectivity index (χ4v) is 3.25.